The van der Waals surface area contributed by atoms with E-state index in [4.69, 9.17) is 27.9 Å². The molecule has 0 aliphatic rings. The topological polar surface area (TPSA) is 67.9 Å². The fourth-order valence-corrected chi connectivity index (χ4v) is 2.88. The van der Waals surface area contributed by atoms with Gasteiger partial charge in [0.2, 0.25) is 0 Å². The molecule has 112 valence electrons. The van der Waals surface area contributed by atoms with Crippen LogP contribution < -0.4 is 4.74 Å². The minimum absolute atomic E-state index is 0.304. The molecule has 3 aromatic rings. The summed E-state index contributed by atoms with van der Waals surface area (Å²) in [6, 6.07) is 6.95. The number of rotatable bonds is 4. The van der Waals surface area contributed by atoms with Crippen molar-refractivity contribution >= 4 is 40.4 Å². The fourth-order valence-electron chi connectivity index (χ4n) is 2.22. The van der Waals surface area contributed by atoms with E-state index in [9.17, 15) is 4.79 Å². The van der Waals surface area contributed by atoms with Crippen molar-refractivity contribution in [3.63, 3.8) is 0 Å². The summed E-state index contributed by atoms with van der Waals surface area (Å²) in [5.74, 6) is 0.584. The average molecular weight is 336 g/mol. The fraction of sp³-hybridized carbons (Fsp3) is 0.133. The number of pyridine rings is 1. The van der Waals surface area contributed by atoms with Crippen molar-refractivity contribution in [1.29, 1.82) is 0 Å². The van der Waals surface area contributed by atoms with Gasteiger partial charge in [-0.05, 0) is 31.2 Å². The van der Waals surface area contributed by atoms with Crippen LogP contribution in [-0.4, -0.2) is 21.5 Å². The van der Waals surface area contributed by atoms with Gasteiger partial charge in [0.05, 0.1) is 10.5 Å². The SMILES string of the molecule is CC(Oc1ccc2n[nH]c(C=O)c2c1)c1c(Cl)ccnc1Cl. The summed E-state index contributed by atoms with van der Waals surface area (Å²) in [5, 5.41) is 8.19. The lowest BCUT2D eigenvalue weighted by Gasteiger charge is -2.17. The van der Waals surface area contributed by atoms with Crippen molar-refractivity contribution in [1.82, 2.24) is 15.2 Å². The minimum Gasteiger partial charge on any atom is -0.486 e. The zero-order valence-corrected chi connectivity index (χ0v) is 13.0. The van der Waals surface area contributed by atoms with Gasteiger partial charge in [0.15, 0.2) is 6.29 Å². The molecule has 0 radical (unpaired) electrons. The van der Waals surface area contributed by atoms with Gasteiger partial charge < -0.3 is 4.74 Å². The molecule has 0 aliphatic heterocycles. The van der Waals surface area contributed by atoms with Crippen LogP contribution in [0.1, 0.15) is 29.1 Å². The Labute approximate surface area is 136 Å². The van der Waals surface area contributed by atoms with Crippen molar-refractivity contribution in [2.75, 3.05) is 0 Å². The Morgan fingerprint density at radius 3 is 2.86 bits per heavy atom. The number of nitrogens with zero attached hydrogens (tertiary/aromatic N) is 2. The van der Waals surface area contributed by atoms with E-state index in [2.05, 4.69) is 15.2 Å². The van der Waals surface area contributed by atoms with Gasteiger partial charge in [-0.25, -0.2) is 4.98 Å². The van der Waals surface area contributed by atoms with Crippen molar-refractivity contribution in [3.05, 3.63) is 51.9 Å². The molecule has 5 nitrogen and oxygen atoms in total. The zero-order valence-electron chi connectivity index (χ0n) is 11.5. The molecule has 0 spiro atoms. The van der Waals surface area contributed by atoms with Gasteiger partial charge in [-0.3, -0.25) is 9.89 Å². The Bertz CT molecular complexity index is 828. The third-order valence-corrected chi connectivity index (χ3v) is 3.91. The van der Waals surface area contributed by atoms with Crippen LogP contribution in [-0.2, 0) is 0 Å². The van der Waals surface area contributed by atoms with E-state index >= 15 is 0 Å². The first kappa shape index (κ1) is 14.8. The number of aromatic nitrogens is 3. The smallest absolute Gasteiger partial charge is 0.168 e. The number of hydrogen-bond acceptors (Lipinski definition) is 4. The summed E-state index contributed by atoms with van der Waals surface area (Å²) in [7, 11) is 0. The van der Waals surface area contributed by atoms with Gasteiger partial charge in [-0.2, -0.15) is 5.10 Å². The first-order valence-corrected chi connectivity index (χ1v) is 7.25. The molecule has 1 atom stereocenters. The molecule has 1 unspecified atom stereocenters. The average Bonchev–Trinajstić information content (AvgIpc) is 2.89. The van der Waals surface area contributed by atoms with E-state index in [1.807, 2.05) is 6.92 Å². The van der Waals surface area contributed by atoms with Gasteiger partial charge in [0.25, 0.3) is 0 Å². The van der Waals surface area contributed by atoms with E-state index in [0.29, 0.717) is 38.1 Å². The molecule has 1 aromatic carbocycles. The van der Waals surface area contributed by atoms with Crippen molar-refractivity contribution < 1.29 is 9.53 Å². The summed E-state index contributed by atoms with van der Waals surface area (Å²) >= 11 is 12.2. The Kier molecular flexibility index (Phi) is 4.00. The van der Waals surface area contributed by atoms with Gasteiger partial charge in [0.1, 0.15) is 22.7 Å². The maximum absolute atomic E-state index is 11.0. The zero-order chi connectivity index (χ0) is 15.7. The van der Waals surface area contributed by atoms with Crippen LogP contribution in [0.3, 0.4) is 0 Å². The van der Waals surface area contributed by atoms with E-state index in [-0.39, 0.29) is 0 Å². The van der Waals surface area contributed by atoms with Crippen LogP contribution >= 0.6 is 23.2 Å². The molecule has 2 aromatic heterocycles. The first-order chi connectivity index (χ1) is 10.6. The highest BCUT2D eigenvalue weighted by Crippen LogP contribution is 2.32. The van der Waals surface area contributed by atoms with Crippen LogP contribution in [0.5, 0.6) is 5.75 Å². The van der Waals surface area contributed by atoms with E-state index in [1.54, 1.807) is 24.3 Å². The minimum atomic E-state index is -0.391. The first-order valence-electron chi connectivity index (χ1n) is 6.50. The predicted molar refractivity (Wildman–Crippen MR) is 84.8 cm³/mol. The van der Waals surface area contributed by atoms with Crippen LogP contribution in [0.4, 0.5) is 0 Å². The van der Waals surface area contributed by atoms with E-state index in [0.717, 1.165) is 6.29 Å². The molecule has 2 heterocycles. The lowest BCUT2D eigenvalue weighted by atomic mass is 10.1. The molecule has 0 fully saturated rings. The maximum atomic E-state index is 11.0. The molecule has 0 amide bonds. The number of carbonyl (C=O) groups excluding carboxylic acids is 1. The van der Waals surface area contributed by atoms with Crippen LogP contribution in [0.2, 0.25) is 10.2 Å². The standard InChI is InChI=1S/C15H11Cl2N3O2/c1-8(14-11(16)4-5-18-15(14)17)22-9-2-3-12-10(6-9)13(7-21)20-19-12/h2-8H,1H3,(H,19,20). The number of halogens is 2. The molecule has 0 saturated carbocycles. The molecule has 0 aliphatic carbocycles. The number of carbonyl (C=O) groups is 1. The second-order valence-electron chi connectivity index (χ2n) is 4.69. The number of aldehydes is 1. The number of ether oxygens (including phenoxy) is 1. The summed E-state index contributed by atoms with van der Waals surface area (Å²) < 4.78 is 5.87. The predicted octanol–water partition coefficient (Wildman–Crippen LogP) is 4.22. The Hall–Kier alpha value is -2.11. The molecule has 1 N–H and O–H groups in total. The lowest BCUT2D eigenvalue weighted by Crippen LogP contribution is -2.05. The molecule has 0 saturated heterocycles. The van der Waals surface area contributed by atoms with Gasteiger partial charge in [-0.15, -0.1) is 0 Å². The summed E-state index contributed by atoms with van der Waals surface area (Å²) in [6.07, 6.45) is 1.87. The second kappa shape index (κ2) is 5.94. The summed E-state index contributed by atoms with van der Waals surface area (Å²) in [4.78, 5) is 15.0. The molecular weight excluding hydrogens is 325 g/mol. The van der Waals surface area contributed by atoms with Crippen LogP contribution in [0.25, 0.3) is 10.9 Å². The molecule has 3 rings (SSSR count). The largest absolute Gasteiger partial charge is 0.486 e. The highest BCUT2D eigenvalue weighted by Gasteiger charge is 2.17. The van der Waals surface area contributed by atoms with Gasteiger partial charge >= 0.3 is 0 Å². The number of benzene rings is 1. The van der Waals surface area contributed by atoms with Gasteiger partial charge in [-0.1, -0.05) is 23.2 Å². The molecule has 0 bridgehead atoms. The molecule has 7 heteroatoms. The third kappa shape index (κ3) is 2.65. The normalized spacial score (nSPS) is 12.3. The lowest BCUT2D eigenvalue weighted by molar-refractivity contribution is 0.112. The maximum Gasteiger partial charge on any atom is 0.168 e. The van der Waals surface area contributed by atoms with Gasteiger partial charge in [0, 0.05) is 17.1 Å². The van der Waals surface area contributed by atoms with Crippen molar-refractivity contribution in [2.45, 2.75) is 13.0 Å². The molecular formula is C15H11Cl2N3O2. The number of hydrogen-bond donors (Lipinski definition) is 1. The quantitative estimate of drug-likeness (QED) is 0.572. The number of aromatic amines is 1. The summed E-state index contributed by atoms with van der Waals surface area (Å²) in [6.45, 7) is 1.83. The van der Waals surface area contributed by atoms with E-state index < -0.39 is 6.10 Å². The van der Waals surface area contributed by atoms with Crippen LogP contribution in [0.15, 0.2) is 30.5 Å². The number of H-pyrrole nitrogens is 1. The Morgan fingerprint density at radius 2 is 2.14 bits per heavy atom. The summed E-state index contributed by atoms with van der Waals surface area (Å²) in [5.41, 5.74) is 1.72. The Balaban J connectivity index is 1.94. The van der Waals surface area contributed by atoms with E-state index in [1.165, 1.54) is 6.20 Å². The second-order valence-corrected chi connectivity index (χ2v) is 5.46. The van der Waals surface area contributed by atoms with Crippen molar-refractivity contribution in [3.8, 4) is 5.75 Å². The van der Waals surface area contributed by atoms with Crippen molar-refractivity contribution in [2.24, 2.45) is 0 Å². The monoisotopic (exact) mass is 335 g/mol. The third-order valence-electron chi connectivity index (χ3n) is 3.28. The number of fused-ring (bicyclic) bond motifs is 1. The van der Waals surface area contributed by atoms with Crippen LogP contribution in [0, 0.1) is 0 Å². The molecule has 22 heavy (non-hydrogen) atoms. The number of nitrogens with one attached hydrogen (secondary N) is 1. The highest BCUT2D eigenvalue weighted by molar-refractivity contribution is 6.35. The Morgan fingerprint density at radius 1 is 1.32 bits per heavy atom. The highest BCUT2D eigenvalue weighted by atomic mass is 35.5.